The summed E-state index contributed by atoms with van der Waals surface area (Å²) >= 11 is 5.81. The molecule has 0 atom stereocenters. The highest BCUT2D eigenvalue weighted by molar-refractivity contribution is 7.89. The van der Waals surface area contributed by atoms with E-state index in [-0.39, 0.29) is 16.4 Å². The molecule has 0 aliphatic heterocycles. The number of amides is 1. The van der Waals surface area contributed by atoms with Gasteiger partial charge in [-0.2, -0.15) is 0 Å². The number of rotatable bonds is 6. The molecule has 0 saturated heterocycles. The molecule has 10 nitrogen and oxygen atoms in total. The van der Waals surface area contributed by atoms with Gasteiger partial charge in [0.1, 0.15) is 5.82 Å². The van der Waals surface area contributed by atoms with Crippen LogP contribution in [-0.2, 0) is 19.6 Å². The molecule has 2 aromatic rings. The second kappa shape index (κ2) is 8.29. The molecule has 0 aliphatic rings. The molecule has 0 aromatic heterocycles. The van der Waals surface area contributed by atoms with Crippen molar-refractivity contribution < 1.29 is 32.1 Å². The smallest absolute Gasteiger partial charge is 0.341 e. The first-order chi connectivity index (χ1) is 13.0. The molecular formula is C15H11ClFN3O7S. The quantitative estimate of drug-likeness (QED) is 0.401. The lowest BCUT2D eigenvalue weighted by atomic mass is 10.2. The highest BCUT2D eigenvalue weighted by atomic mass is 35.5. The molecule has 0 saturated carbocycles. The van der Waals surface area contributed by atoms with Crippen molar-refractivity contribution in [3.05, 3.63) is 62.9 Å². The highest BCUT2D eigenvalue weighted by Gasteiger charge is 2.19. The van der Waals surface area contributed by atoms with Crippen molar-refractivity contribution in [2.75, 3.05) is 11.9 Å². The van der Waals surface area contributed by atoms with Crippen molar-refractivity contribution in [3.63, 3.8) is 0 Å². The number of primary sulfonamides is 1. The molecule has 0 radical (unpaired) electrons. The Balaban J connectivity index is 2.05. The van der Waals surface area contributed by atoms with Crippen molar-refractivity contribution >= 4 is 44.9 Å². The number of ether oxygens (including phenoxy) is 1. The largest absolute Gasteiger partial charge is 0.452 e. The van der Waals surface area contributed by atoms with E-state index < -0.39 is 49.7 Å². The second-order valence-corrected chi connectivity index (χ2v) is 7.20. The van der Waals surface area contributed by atoms with Crippen LogP contribution in [0.1, 0.15) is 10.4 Å². The Labute approximate surface area is 162 Å². The van der Waals surface area contributed by atoms with Crippen molar-refractivity contribution in [2.24, 2.45) is 5.14 Å². The summed E-state index contributed by atoms with van der Waals surface area (Å²) < 4.78 is 40.9. The van der Waals surface area contributed by atoms with Gasteiger partial charge in [-0.05, 0) is 24.3 Å². The van der Waals surface area contributed by atoms with Crippen LogP contribution in [0.25, 0.3) is 0 Å². The van der Waals surface area contributed by atoms with Crippen LogP contribution < -0.4 is 10.5 Å². The van der Waals surface area contributed by atoms with E-state index >= 15 is 0 Å². The van der Waals surface area contributed by atoms with Gasteiger partial charge >= 0.3 is 5.97 Å². The zero-order valence-corrected chi connectivity index (χ0v) is 15.3. The Bertz CT molecular complexity index is 1080. The maximum atomic E-state index is 13.7. The van der Waals surface area contributed by atoms with E-state index in [1.165, 1.54) is 6.07 Å². The van der Waals surface area contributed by atoms with Crippen molar-refractivity contribution in [1.29, 1.82) is 0 Å². The van der Waals surface area contributed by atoms with Crippen LogP contribution in [0.15, 0.2) is 41.3 Å². The number of anilines is 1. The predicted octanol–water partition coefficient (Wildman–Crippen LogP) is 1.83. The molecule has 2 aromatic carbocycles. The maximum Gasteiger partial charge on any atom is 0.341 e. The average molecular weight is 432 g/mol. The molecule has 28 heavy (non-hydrogen) atoms. The number of carbonyl (C=O) groups excluding carboxylic acids is 2. The third kappa shape index (κ3) is 5.22. The van der Waals surface area contributed by atoms with E-state index in [2.05, 4.69) is 10.1 Å². The Hall–Kier alpha value is -3.09. The minimum atomic E-state index is -4.18. The minimum Gasteiger partial charge on any atom is -0.452 e. The Kier molecular flexibility index (Phi) is 6.28. The van der Waals surface area contributed by atoms with Crippen LogP contribution in [0.3, 0.4) is 0 Å². The minimum absolute atomic E-state index is 0.0238. The van der Waals surface area contributed by atoms with Gasteiger partial charge in [0.25, 0.3) is 11.6 Å². The summed E-state index contributed by atoms with van der Waals surface area (Å²) in [6, 6.07) is 5.55. The number of esters is 1. The van der Waals surface area contributed by atoms with E-state index in [0.29, 0.717) is 12.1 Å². The van der Waals surface area contributed by atoms with Gasteiger partial charge in [0, 0.05) is 12.1 Å². The van der Waals surface area contributed by atoms with E-state index in [9.17, 15) is 32.5 Å². The first-order valence-corrected chi connectivity index (χ1v) is 9.14. The highest BCUT2D eigenvalue weighted by Crippen LogP contribution is 2.26. The lowest BCUT2D eigenvalue weighted by molar-refractivity contribution is -0.384. The Morgan fingerprint density at radius 2 is 1.93 bits per heavy atom. The van der Waals surface area contributed by atoms with Crippen molar-refractivity contribution in [2.45, 2.75) is 4.90 Å². The third-order valence-electron chi connectivity index (χ3n) is 3.26. The topological polar surface area (TPSA) is 159 Å². The molecule has 0 bridgehead atoms. The number of sulfonamides is 1. The molecule has 148 valence electrons. The SMILES string of the molecule is NS(=O)(=O)c1ccc(F)c(C(=O)OCC(=O)Nc2ccc([N+](=O)[O-])cc2Cl)c1. The molecule has 0 heterocycles. The summed E-state index contributed by atoms with van der Waals surface area (Å²) in [4.78, 5) is 33.2. The van der Waals surface area contributed by atoms with Gasteiger partial charge in [-0.15, -0.1) is 0 Å². The van der Waals surface area contributed by atoms with Crippen LogP contribution in [0.4, 0.5) is 15.8 Å². The fourth-order valence-corrected chi connectivity index (χ4v) is 2.71. The van der Waals surface area contributed by atoms with Crippen molar-refractivity contribution in [3.8, 4) is 0 Å². The normalized spacial score (nSPS) is 11.0. The summed E-state index contributed by atoms with van der Waals surface area (Å²) in [6.45, 7) is -0.856. The summed E-state index contributed by atoms with van der Waals surface area (Å²) in [5.74, 6) is -3.24. The number of nitro groups is 1. The average Bonchev–Trinajstić information content (AvgIpc) is 2.60. The van der Waals surface area contributed by atoms with Crippen LogP contribution in [-0.4, -0.2) is 31.8 Å². The number of benzene rings is 2. The fraction of sp³-hybridized carbons (Fsp3) is 0.0667. The predicted molar refractivity (Wildman–Crippen MR) is 94.8 cm³/mol. The molecule has 0 aliphatic carbocycles. The summed E-state index contributed by atoms with van der Waals surface area (Å²) in [7, 11) is -4.18. The van der Waals surface area contributed by atoms with Crippen LogP contribution in [0.2, 0.25) is 5.02 Å². The summed E-state index contributed by atoms with van der Waals surface area (Å²) in [5.41, 5.74) is -0.997. The summed E-state index contributed by atoms with van der Waals surface area (Å²) in [6.07, 6.45) is 0. The zero-order valence-electron chi connectivity index (χ0n) is 13.7. The first-order valence-electron chi connectivity index (χ1n) is 7.22. The molecule has 0 unspecified atom stereocenters. The lowest BCUT2D eigenvalue weighted by Gasteiger charge is -2.09. The van der Waals surface area contributed by atoms with Crippen LogP contribution >= 0.6 is 11.6 Å². The van der Waals surface area contributed by atoms with Gasteiger partial charge in [-0.3, -0.25) is 14.9 Å². The number of nitrogens with two attached hydrogens (primary N) is 1. The lowest BCUT2D eigenvalue weighted by Crippen LogP contribution is -2.22. The Morgan fingerprint density at radius 3 is 2.50 bits per heavy atom. The second-order valence-electron chi connectivity index (χ2n) is 5.23. The number of carbonyl (C=O) groups is 2. The number of hydrogen-bond acceptors (Lipinski definition) is 7. The van der Waals surface area contributed by atoms with E-state index in [4.69, 9.17) is 16.7 Å². The van der Waals surface area contributed by atoms with Gasteiger partial charge in [0.15, 0.2) is 6.61 Å². The number of non-ortho nitro benzene ring substituents is 1. The third-order valence-corrected chi connectivity index (χ3v) is 4.48. The molecule has 0 fully saturated rings. The molecule has 3 N–H and O–H groups in total. The number of nitrogens with zero attached hydrogens (tertiary/aromatic N) is 1. The monoisotopic (exact) mass is 431 g/mol. The summed E-state index contributed by atoms with van der Waals surface area (Å²) in [5, 5.41) is 17.7. The van der Waals surface area contributed by atoms with Gasteiger partial charge < -0.3 is 10.1 Å². The molecule has 13 heteroatoms. The van der Waals surface area contributed by atoms with Gasteiger partial charge in [0.2, 0.25) is 10.0 Å². The molecule has 1 amide bonds. The van der Waals surface area contributed by atoms with E-state index in [0.717, 1.165) is 18.2 Å². The molecule has 2 rings (SSSR count). The van der Waals surface area contributed by atoms with Crippen LogP contribution in [0.5, 0.6) is 0 Å². The number of nitro benzene ring substituents is 1. The number of halogens is 2. The fourth-order valence-electron chi connectivity index (χ4n) is 1.95. The number of nitrogens with one attached hydrogen (secondary N) is 1. The standard InChI is InChI=1S/C15H11ClFN3O7S/c16-11-5-8(20(23)24)1-4-13(11)19-14(21)7-27-15(22)10-6-9(28(18,25)26)2-3-12(10)17/h1-6H,7H2,(H,19,21)(H2,18,25,26). The molecular weight excluding hydrogens is 421 g/mol. The Morgan fingerprint density at radius 1 is 1.25 bits per heavy atom. The van der Waals surface area contributed by atoms with E-state index in [1.807, 2.05) is 0 Å². The number of hydrogen-bond donors (Lipinski definition) is 2. The van der Waals surface area contributed by atoms with Gasteiger partial charge in [-0.1, -0.05) is 11.6 Å². The van der Waals surface area contributed by atoms with Gasteiger partial charge in [0.05, 0.1) is 26.1 Å². The van der Waals surface area contributed by atoms with E-state index in [1.54, 1.807) is 0 Å². The van der Waals surface area contributed by atoms with Gasteiger partial charge in [-0.25, -0.2) is 22.7 Å². The van der Waals surface area contributed by atoms with Crippen LogP contribution in [0, 0.1) is 15.9 Å². The maximum absolute atomic E-state index is 13.7. The van der Waals surface area contributed by atoms with Crippen molar-refractivity contribution in [1.82, 2.24) is 0 Å². The molecule has 0 spiro atoms. The zero-order chi connectivity index (χ0) is 21.1. The first kappa shape index (κ1) is 21.2.